The highest BCUT2D eigenvalue weighted by Crippen LogP contribution is 2.34. The van der Waals surface area contributed by atoms with Crippen molar-refractivity contribution in [1.29, 1.82) is 0 Å². The van der Waals surface area contributed by atoms with E-state index in [4.69, 9.17) is 16.2 Å². The van der Waals surface area contributed by atoms with Crippen molar-refractivity contribution in [2.75, 3.05) is 49.3 Å². The summed E-state index contributed by atoms with van der Waals surface area (Å²) in [6.07, 6.45) is 5.55. The van der Waals surface area contributed by atoms with Crippen LogP contribution in [0, 0.1) is 5.92 Å². The lowest BCUT2D eigenvalue weighted by Crippen LogP contribution is -2.39. The van der Waals surface area contributed by atoms with E-state index >= 15 is 0 Å². The van der Waals surface area contributed by atoms with Crippen molar-refractivity contribution in [1.82, 2.24) is 19.6 Å². The van der Waals surface area contributed by atoms with Crippen molar-refractivity contribution in [2.24, 2.45) is 5.92 Å². The van der Waals surface area contributed by atoms with Crippen molar-refractivity contribution < 1.29 is 13.6 Å². The molecule has 1 saturated carbocycles. The van der Waals surface area contributed by atoms with Crippen LogP contribution in [0.15, 0.2) is 24.4 Å². The topological polar surface area (TPSA) is 123 Å². The molecule has 1 fully saturated rings. The fourth-order valence-corrected chi connectivity index (χ4v) is 5.09. The van der Waals surface area contributed by atoms with Gasteiger partial charge in [0.15, 0.2) is 5.82 Å². The first-order chi connectivity index (χ1) is 16.3. The molecule has 0 spiro atoms. The first-order valence-electron chi connectivity index (χ1n) is 11.3. The molecule has 2 aliphatic rings. The molecule has 4 N–H and O–H groups in total. The summed E-state index contributed by atoms with van der Waals surface area (Å²) in [5.74, 6) is 1.02. The molecular weight excluding hydrogens is 478 g/mol. The number of nitrogens with one attached hydrogen (secondary N) is 3. The summed E-state index contributed by atoms with van der Waals surface area (Å²) in [4.78, 5) is 25.5. The molecule has 1 unspecified atom stereocenters. The molecule has 1 amide bonds. The molecule has 10 nitrogen and oxygen atoms in total. The third kappa shape index (κ3) is 5.60. The Bertz CT molecular complexity index is 1070. The number of fused-ring (bicyclic) bond motifs is 1. The summed E-state index contributed by atoms with van der Waals surface area (Å²) in [6.45, 7) is 1.77. The van der Waals surface area contributed by atoms with E-state index in [9.17, 15) is 9.00 Å². The highest BCUT2D eigenvalue weighted by atomic mass is 35.5. The molecule has 4 rings (SSSR count). The molecule has 12 heteroatoms. The Morgan fingerprint density at radius 2 is 1.97 bits per heavy atom. The monoisotopic (exact) mass is 507 g/mol. The van der Waals surface area contributed by atoms with Crippen molar-refractivity contribution >= 4 is 51.9 Å². The number of likely N-dealkylation sites (N-methyl/N-ethyl adjacent to an activating group) is 2. The molecule has 184 valence electrons. The number of rotatable bonds is 7. The normalized spacial score (nSPS) is 21.6. The number of hydrogen-bond acceptors (Lipinski definition) is 7. The van der Waals surface area contributed by atoms with E-state index in [0.29, 0.717) is 42.0 Å². The number of anilines is 4. The van der Waals surface area contributed by atoms with Gasteiger partial charge in [-0.2, -0.15) is 4.98 Å². The molecule has 0 saturated heterocycles. The van der Waals surface area contributed by atoms with Crippen molar-refractivity contribution in [3.8, 4) is 0 Å². The van der Waals surface area contributed by atoms with Gasteiger partial charge in [-0.15, -0.1) is 0 Å². The summed E-state index contributed by atoms with van der Waals surface area (Å²) in [6, 6.07) is 5.63. The zero-order valence-electron chi connectivity index (χ0n) is 19.3. The van der Waals surface area contributed by atoms with Gasteiger partial charge < -0.3 is 20.4 Å². The van der Waals surface area contributed by atoms with Crippen molar-refractivity contribution in [3.05, 3.63) is 35.0 Å². The standard InChI is InChI=1S/C22H30ClN7O3S/c1-29-10-11-30(2)21(31)15-7-5-9-18(19(15)29)27-22-24-13-16(23)20(28-22)26-17-8-4-3-6-14(17)12-25-34(32)33/h5,7,9,13-14,17,25H,3-4,6,8,10-12H2,1-2H3,(H,32,33)(H2,24,26,27,28)/t14-,17-/m1/s1. The van der Waals surface area contributed by atoms with Crippen LogP contribution in [0.5, 0.6) is 0 Å². The van der Waals surface area contributed by atoms with Crippen LogP contribution in [0.4, 0.5) is 23.1 Å². The average molecular weight is 508 g/mol. The Labute approximate surface area is 206 Å². The number of carbonyl (C=O) groups excluding carboxylic acids is 1. The maximum Gasteiger partial charge on any atom is 0.255 e. The first-order valence-corrected chi connectivity index (χ1v) is 12.8. The Morgan fingerprint density at radius 1 is 1.21 bits per heavy atom. The molecule has 1 aliphatic heterocycles. The molecule has 0 bridgehead atoms. The smallest absolute Gasteiger partial charge is 0.255 e. The Hall–Kier alpha value is -2.47. The van der Waals surface area contributed by atoms with Gasteiger partial charge in [0.1, 0.15) is 5.02 Å². The predicted octanol–water partition coefficient (Wildman–Crippen LogP) is 3.09. The zero-order chi connectivity index (χ0) is 24.2. The highest BCUT2D eigenvalue weighted by molar-refractivity contribution is 7.77. The molecule has 1 aliphatic carbocycles. The van der Waals surface area contributed by atoms with Gasteiger partial charge in [0, 0.05) is 39.8 Å². The number of nitrogens with zero attached hydrogens (tertiary/aromatic N) is 4. The summed E-state index contributed by atoms with van der Waals surface area (Å²) in [5, 5.41) is 7.09. The summed E-state index contributed by atoms with van der Waals surface area (Å²) in [5.41, 5.74) is 2.17. The minimum atomic E-state index is -2.04. The summed E-state index contributed by atoms with van der Waals surface area (Å²) < 4.78 is 22.8. The van der Waals surface area contributed by atoms with Crippen LogP contribution in [0.25, 0.3) is 0 Å². The van der Waals surface area contributed by atoms with E-state index in [1.54, 1.807) is 18.1 Å². The first kappa shape index (κ1) is 24.6. The van der Waals surface area contributed by atoms with Gasteiger partial charge in [0.2, 0.25) is 17.2 Å². The second-order valence-corrected chi connectivity index (χ2v) is 9.95. The number of hydrogen-bond donors (Lipinski definition) is 4. The SMILES string of the molecule is CN1CCN(C)c2c(Nc3ncc(Cl)c(N[C@@H]4CCCC[C@@H]4CNS(=O)O)n3)cccc2C1=O. The fraction of sp³-hybridized carbons (Fsp3) is 0.500. The number of halogens is 1. The largest absolute Gasteiger partial charge is 0.370 e. The van der Waals surface area contributed by atoms with E-state index in [1.807, 2.05) is 25.2 Å². The van der Waals surface area contributed by atoms with Crippen LogP contribution in [0.1, 0.15) is 36.0 Å². The van der Waals surface area contributed by atoms with Crippen molar-refractivity contribution in [3.63, 3.8) is 0 Å². The van der Waals surface area contributed by atoms with Gasteiger partial charge in [-0.1, -0.05) is 30.5 Å². The van der Waals surface area contributed by atoms with Crippen LogP contribution >= 0.6 is 11.6 Å². The zero-order valence-corrected chi connectivity index (χ0v) is 20.8. The van der Waals surface area contributed by atoms with Gasteiger partial charge in [-0.05, 0) is 30.9 Å². The van der Waals surface area contributed by atoms with Gasteiger partial charge in [0.05, 0.1) is 23.1 Å². The highest BCUT2D eigenvalue weighted by Gasteiger charge is 2.27. The van der Waals surface area contributed by atoms with Gasteiger partial charge >= 0.3 is 0 Å². The van der Waals surface area contributed by atoms with Crippen LogP contribution in [0.2, 0.25) is 5.02 Å². The van der Waals surface area contributed by atoms with E-state index in [1.165, 1.54) is 0 Å². The molecular formula is C22H30ClN7O3S. The number of carbonyl (C=O) groups is 1. The number of benzene rings is 1. The van der Waals surface area contributed by atoms with Crippen LogP contribution in [-0.2, 0) is 11.3 Å². The second-order valence-electron chi connectivity index (χ2n) is 8.76. The Morgan fingerprint density at radius 3 is 2.76 bits per heavy atom. The lowest BCUT2D eigenvalue weighted by atomic mass is 9.84. The number of amides is 1. The third-order valence-corrected chi connectivity index (χ3v) is 7.15. The number of aromatic nitrogens is 2. The quantitative estimate of drug-likeness (QED) is 0.422. The van der Waals surface area contributed by atoms with Crippen LogP contribution in [-0.4, -0.2) is 69.3 Å². The average Bonchev–Trinajstić information content (AvgIpc) is 2.93. The maximum atomic E-state index is 12.8. The van der Waals surface area contributed by atoms with E-state index in [2.05, 4.69) is 30.2 Å². The molecule has 1 aromatic carbocycles. The van der Waals surface area contributed by atoms with Gasteiger partial charge in [0.25, 0.3) is 5.91 Å². The molecule has 34 heavy (non-hydrogen) atoms. The van der Waals surface area contributed by atoms with Crippen LogP contribution in [0.3, 0.4) is 0 Å². The molecule has 2 heterocycles. The number of para-hydroxylation sites is 1. The van der Waals surface area contributed by atoms with Crippen LogP contribution < -0.4 is 20.3 Å². The second kappa shape index (κ2) is 10.9. The molecule has 1 aromatic heterocycles. The summed E-state index contributed by atoms with van der Waals surface area (Å²) >= 11 is 4.37. The minimum absolute atomic E-state index is 0.0249. The molecule has 3 atom stereocenters. The minimum Gasteiger partial charge on any atom is -0.370 e. The Kier molecular flexibility index (Phi) is 7.87. The third-order valence-electron chi connectivity index (χ3n) is 6.46. The van der Waals surface area contributed by atoms with E-state index < -0.39 is 11.3 Å². The lowest BCUT2D eigenvalue weighted by Gasteiger charge is -2.32. The lowest BCUT2D eigenvalue weighted by molar-refractivity contribution is 0.0805. The summed E-state index contributed by atoms with van der Waals surface area (Å²) in [7, 11) is 3.76. The Balaban J connectivity index is 1.57. The van der Waals surface area contributed by atoms with Gasteiger partial charge in [-0.25, -0.2) is 13.9 Å². The van der Waals surface area contributed by atoms with E-state index in [-0.39, 0.29) is 17.9 Å². The van der Waals surface area contributed by atoms with Crippen molar-refractivity contribution in [2.45, 2.75) is 31.7 Å². The molecule has 0 radical (unpaired) electrons. The fourth-order valence-electron chi connectivity index (χ4n) is 4.59. The maximum absolute atomic E-state index is 12.8. The predicted molar refractivity (Wildman–Crippen MR) is 135 cm³/mol. The van der Waals surface area contributed by atoms with E-state index in [0.717, 1.165) is 37.1 Å². The molecule has 2 aromatic rings. The van der Waals surface area contributed by atoms with Gasteiger partial charge in [-0.3, -0.25) is 9.35 Å².